The monoisotopic (exact) mass is 485 g/mol. The molecule has 0 aliphatic carbocycles. The molecule has 3 aromatic rings. The predicted molar refractivity (Wildman–Crippen MR) is 141 cm³/mol. The fraction of sp³-hybridized carbons (Fsp3) is 0.267. The van der Waals surface area contributed by atoms with Gasteiger partial charge in [0.15, 0.2) is 0 Å². The summed E-state index contributed by atoms with van der Waals surface area (Å²) in [6.07, 6.45) is 0.846. The molecule has 0 bridgehead atoms. The van der Waals surface area contributed by atoms with E-state index >= 15 is 0 Å². The quantitative estimate of drug-likeness (QED) is 0.232. The lowest BCUT2D eigenvalue weighted by molar-refractivity contribution is -0.132. The van der Waals surface area contributed by atoms with Gasteiger partial charge in [-0.3, -0.25) is 14.5 Å². The lowest BCUT2D eigenvalue weighted by atomic mass is 9.93. The van der Waals surface area contributed by atoms with E-state index in [1.807, 2.05) is 63.2 Å². The molecule has 1 atom stereocenters. The summed E-state index contributed by atoms with van der Waals surface area (Å²) in [6, 6.07) is 20.9. The van der Waals surface area contributed by atoms with Crippen molar-refractivity contribution in [2.24, 2.45) is 0 Å². The molecule has 0 aromatic heterocycles. The Balaban J connectivity index is 1.89. The highest BCUT2D eigenvalue weighted by molar-refractivity contribution is 6.51. The second kappa shape index (κ2) is 10.7. The number of anilines is 1. The number of aliphatic hydroxyl groups is 1. The molecule has 1 unspecified atom stereocenters. The van der Waals surface area contributed by atoms with Gasteiger partial charge < -0.3 is 14.6 Å². The highest BCUT2D eigenvalue weighted by atomic mass is 16.5. The summed E-state index contributed by atoms with van der Waals surface area (Å²) in [5, 5.41) is 11.5. The maximum Gasteiger partial charge on any atom is 0.300 e. The van der Waals surface area contributed by atoms with Gasteiger partial charge in [-0.15, -0.1) is 0 Å². The first-order chi connectivity index (χ1) is 17.4. The number of carbonyl (C=O) groups excluding carboxylic acids is 2. The Kier molecular flexibility index (Phi) is 7.44. The number of ether oxygens (including phenoxy) is 2. The number of rotatable bonds is 8. The van der Waals surface area contributed by atoms with E-state index in [1.54, 1.807) is 37.4 Å². The summed E-state index contributed by atoms with van der Waals surface area (Å²) >= 11 is 0. The molecule has 3 aromatic carbocycles. The number of ketones is 1. The third-order valence-corrected chi connectivity index (χ3v) is 6.25. The number of carbonyl (C=O) groups is 2. The summed E-state index contributed by atoms with van der Waals surface area (Å²) < 4.78 is 11.2. The standard InChI is InChI=1S/C30H31NO5/c1-5-16-36-23-13-9-12-22(18-23)31-27(20-10-7-6-8-11-20)26(29(33)30(31)34)28(32)21-14-15-25(35-4)24(17-21)19(2)3/h6-15,17-19,27,32H,5,16H2,1-4H3/b28-26-. The van der Waals surface area contributed by atoms with E-state index in [0.717, 1.165) is 17.5 Å². The van der Waals surface area contributed by atoms with Crippen LogP contribution < -0.4 is 14.4 Å². The van der Waals surface area contributed by atoms with E-state index in [-0.39, 0.29) is 17.3 Å². The Morgan fingerprint density at radius 1 is 1.00 bits per heavy atom. The molecule has 1 fully saturated rings. The number of amides is 1. The second-order valence-electron chi connectivity index (χ2n) is 9.04. The van der Waals surface area contributed by atoms with Gasteiger partial charge in [0.25, 0.3) is 11.7 Å². The number of Topliss-reactive ketones (excluding diaryl/α,β-unsaturated/α-hetero) is 1. The summed E-state index contributed by atoms with van der Waals surface area (Å²) in [5.74, 6) is -0.206. The number of nitrogens with zero attached hydrogens (tertiary/aromatic N) is 1. The van der Waals surface area contributed by atoms with E-state index in [4.69, 9.17) is 9.47 Å². The predicted octanol–water partition coefficient (Wildman–Crippen LogP) is 6.23. The highest BCUT2D eigenvalue weighted by Crippen LogP contribution is 2.43. The molecule has 1 N–H and O–H groups in total. The zero-order chi connectivity index (χ0) is 25.8. The fourth-order valence-electron chi connectivity index (χ4n) is 4.48. The molecule has 186 valence electrons. The van der Waals surface area contributed by atoms with Crippen molar-refractivity contribution >= 4 is 23.1 Å². The van der Waals surface area contributed by atoms with Crippen LogP contribution in [-0.2, 0) is 9.59 Å². The van der Waals surface area contributed by atoms with Crippen molar-refractivity contribution in [3.63, 3.8) is 0 Å². The summed E-state index contributed by atoms with van der Waals surface area (Å²) in [4.78, 5) is 28.3. The zero-order valence-corrected chi connectivity index (χ0v) is 21.0. The van der Waals surface area contributed by atoms with Gasteiger partial charge in [0.05, 0.1) is 25.3 Å². The van der Waals surface area contributed by atoms with Crippen LogP contribution in [0.3, 0.4) is 0 Å². The Morgan fingerprint density at radius 2 is 1.75 bits per heavy atom. The summed E-state index contributed by atoms with van der Waals surface area (Å²) in [7, 11) is 1.60. The SMILES string of the molecule is CCCOc1cccc(N2C(=O)C(=O)/C(=C(\O)c3ccc(OC)c(C(C)C)c3)C2c2ccccc2)c1. The van der Waals surface area contributed by atoms with Crippen LogP contribution in [0, 0.1) is 0 Å². The first kappa shape index (κ1) is 25.0. The molecule has 4 rings (SSSR count). The van der Waals surface area contributed by atoms with E-state index in [1.165, 1.54) is 4.90 Å². The molecule has 36 heavy (non-hydrogen) atoms. The number of methoxy groups -OCH3 is 1. The van der Waals surface area contributed by atoms with Crippen molar-refractivity contribution in [2.45, 2.75) is 39.2 Å². The lowest BCUT2D eigenvalue weighted by Gasteiger charge is -2.26. The molecular weight excluding hydrogens is 454 g/mol. The molecule has 6 nitrogen and oxygen atoms in total. The van der Waals surface area contributed by atoms with Gasteiger partial charge >= 0.3 is 0 Å². The van der Waals surface area contributed by atoms with Crippen LogP contribution in [0.25, 0.3) is 5.76 Å². The van der Waals surface area contributed by atoms with Crippen LogP contribution in [-0.4, -0.2) is 30.5 Å². The average molecular weight is 486 g/mol. The smallest absolute Gasteiger partial charge is 0.300 e. The van der Waals surface area contributed by atoms with Crippen LogP contribution in [0.5, 0.6) is 11.5 Å². The minimum absolute atomic E-state index is 0.0472. The average Bonchev–Trinajstić information content (AvgIpc) is 3.17. The molecule has 1 saturated heterocycles. The van der Waals surface area contributed by atoms with Crippen LogP contribution in [0.15, 0.2) is 78.4 Å². The zero-order valence-electron chi connectivity index (χ0n) is 21.0. The van der Waals surface area contributed by atoms with Gasteiger partial charge in [0, 0.05) is 17.3 Å². The topological polar surface area (TPSA) is 76.1 Å². The molecule has 0 saturated carbocycles. The highest BCUT2D eigenvalue weighted by Gasteiger charge is 2.47. The van der Waals surface area contributed by atoms with Gasteiger partial charge in [0.2, 0.25) is 0 Å². The number of benzene rings is 3. The van der Waals surface area contributed by atoms with Crippen molar-refractivity contribution in [1.29, 1.82) is 0 Å². The van der Waals surface area contributed by atoms with E-state index in [9.17, 15) is 14.7 Å². The van der Waals surface area contributed by atoms with E-state index < -0.39 is 17.7 Å². The largest absolute Gasteiger partial charge is 0.507 e. The van der Waals surface area contributed by atoms with E-state index in [2.05, 4.69) is 0 Å². The molecule has 1 amide bonds. The Bertz CT molecular complexity index is 1300. The van der Waals surface area contributed by atoms with Crippen molar-refractivity contribution in [2.75, 3.05) is 18.6 Å². The second-order valence-corrected chi connectivity index (χ2v) is 9.04. The third-order valence-electron chi connectivity index (χ3n) is 6.25. The minimum atomic E-state index is -0.794. The first-order valence-electron chi connectivity index (χ1n) is 12.1. The maximum atomic E-state index is 13.4. The summed E-state index contributed by atoms with van der Waals surface area (Å²) in [6.45, 7) is 6.61. The number of hydrogen-bond donors (Lipinski definition) is 1. The molecule has 0 spiro atoms. The summed E-state index contributed by atoms with van der Waals surface area (Å²) in [5.41, 5.74) is 2.64. The normalized spacial score (nSPS) is 17.0. The van der Waals surface area contributed by atoms with E-state index in [0.29, 0.717) is 29.4 Å². The van der Waals surface area contributed by atoms with Crippen LogP contribution in [0.1, 0.15) is 55.8 Å². The molecule has 1 heterocycles. The Morgan fingerprint density at radius 3 is 2.42 bits per heavy atom. The molecule has 1 aliphatic heterocycles. The van der Waals surface area contributed by atoms with Gasteiger partial charge in [-0.2, -0.15) is 0 Å². The molecular formula is C30H31NO5. The van der Waals surface area contributed by atoms with Crippen molar-refractivity contribution in [3.8, 4) is 11.5 Å². The van der Waals surface area contributed by atoms with Gasteiger partial charge in [-0.1, -0.05) is 57.2 Å². The van der Waals surface area contributed by atoms with Crippen LogP contribution >= 0.6 is 0 Å². The number of aliphatic hydroxyl groups excluding tert-OH is 1. The Hall–Kier alpha value is -4.06. The minimum Gasteiger partial charge on any atom is -0.507 e. The molecule has 0 radical (unpaired) electrons. The number of hydrogen-bond acceptors (Lipinski definition) is 5. The van der Waals surface area contributed by atoms with Crippen molar-refractivity contribution in [1.82, 2.24) is 0 Å². The first-order valence-corrected chi connectivity index (χ1v) is 12.1. The molecule has 6 heteroatoms. The Labute approximate surface area is 211 Å². The van der Waals surface area contributed by atoms with Crippen LogP contribution in [0.4, 0.5) is 5.69 Å². The lowest BCUT2D eigenvalue weighted by Crippen LogP contribution is -2.29. The molecule has 1 aliphatic rings. The van der Waals surface area contributed by atoms with Crippen molar-refractivity contribution < 1.29 is 24.2 Å². The van der Waals surface area contributed by atoms with Gasteiger partial charge in [-0.25, -0.2) is 0 Å². The fourth-order valence-corrected chi connectivity index (χ4v) is 4.48. The van der Waals surface area contributed by atoms with Gasteiger partial charge in [0.1, 0.15) is 17.3 Å². The third kappa shape index (κ3) is 4.71. The van der Waals surface area contributed by atoms with Crippen LogP contribution in [0.2, 0.25) is 0 Å². The van der Waals surface area contributed by atoms with Gasteiger partial charge in [-0.05, 0) is 53.8 Å². The maximum absolute atomic E-state index is 13.4. The van der Waals surface area contributed by atoms with Crippen molar-refractivity contribution in [3.05, 3.63) is 95.1 Å².